The molecule has 0 bridgehead atoms. The van der Waals surface area contributed by atoms with Crippen LogP contribution in [0.3, 0.4) is 0 Å². The van der Waals surface area contributed by atoms with Crippen molar-refractivity contribution in [3.05, 3.63) is 72.8 Å². The highest BCUT2D eigenvalue weighted by molar-refractivity contribution is 5.63. The summed E-state index contributed by atoms with van der Waals surface area (Å²) in [6.45, 7) is 3.16. The number of anilines is 2. The lowest BCUT2D eigenvalue weighted by Gasteiger charge is -2.23. The predicted molar refractivity (Wildman–Crippen MR) is 93.2 cm³/mol. The summed E-state index contributed by atoms with van der Waals surface area (Å²) in [5.41, 5.74) is 2.48. The van der Waals surface area contributed by atoms with E-state index in [9.17, 15) is 0 Å². The van der Waals surface area contributed by atoms with Crippen LogP contribution < -0.4 is 4.90 Å². The maximum atomic E-state index is 2.34. The zero-order chi connectivity index (χ0) is 14.8. The van der Waals surface area contributed by atoms with Gasteiger partial charge in [0.1, 0.15) is 0 Å². The van der Waals surface area contributed by atoms with Crippen LogP contribution in [0.1, 0.15) is 32.6 Å². The fourth-order valence-electron chi connectivity index (χ4n) is 2.39. The molecular formula is C20H25N. The summed E-state index contributed by atoms with van der Waals surface area (Å²) >= 11 is 0. The molecule has 0 N–H and O–H groups in total. The summed E-state index contributed by atoms with van der Waals surface area (Å²) in [4.78, 5) is 2.34. The lowest BCUT2D eigenvalue weighted by atomic mass is 10.2. The molecular weight excluding hydrogens is 254 g/mol. The van der Waals surface area contributed by atoms with Crippen LogP contribution in [0.15, 0.2) is 72.8 Å². The van der Waals surface area contributed by atoms with E-state index < -0.39 is 0 Å². The first kappa shape index (κ1) is 15.4. The summed E-state index contributed by atoms with van der Waals surface area (Å²) in [5.74, 6) is 0. The van der Waals surface area contributed by atoms with Crippen LogP contribution in [0.4, 0.5) is 11.4 Å². The molecule has 1 nitrogen and oxygen atoms in total. The van der Waals surface area contributed by atoms with Crippen LogP contribution in [0.25, 0.3) is 0 Å². The number of benzene rings is 2. The number of hydrogen-bond donors (Lipinski definition) is 0. The van der Waals surface area contributed by atoms with E-state index in [1.54, 1.807) is 0 Å². The van der Waals surface area contributed by atoms with E-state index in [4.69, 9.17) is 0 Å². The van der Waals surface area contributed by atoms with Gasteiger partial charge in [0.25, 0.3) is 0 Å². The van der Waals surface area contributed by atoms with E-state index in [2.05, 4.69) is 84.6 Å². The smallest absolute Gasteiger partial charge is 0.0413 e. The number of unbranched alkanes of at least 4 members (excludes halogenated alkanes) is 3. The second-order valence-electron chi connectivity index (χ2n) is 5.25. The number of nitrogens with zero attached hydrogens (tertiary/aromatic N) is 1. The van der Waals surface area contributed by atoms with Gasteiger partial charge in [-0.05, 0) is 37.1 Å². The number of rotatable bonds is 8. The van der Waals surface area contributed by atoms with Crippen molar-refractivity contribution >= 4 is 11.4 Å². The third-order valence-corrected chi connectivity index (χ3v) is 3.56. The second-order valence-corrected chi connectivity index (χ2v) is 5.25. The molecule has 0 aliphatic heterocycles. The maximum absolute atomic E-state index is 2.34. The van der Waals surface area contributed by atoms with Gasteiger partial charge in [0.2, 0.25) is 0 Å². The van der Waals surface area contributed by atoms with Crippen LogP contribution in [-0.4, -0.2) is 6.54 Å². The van der Waals surface area contributed by atoms with E-state index in [-0.39, 0.29) is 0 Å². The van der Waals surface area contributed by atoms with Crippen LogP contribution in [-0.2, 0) is 0 Å². The van der Waals surface area contributed by atoms with Gasteiger partial charge in [0, 0.05) is 17.9 Å². The van der Waals surface area contributed by atoms with Crippen molar-refractivity contribution in [3.8, 4) is 0 Å². The van der Waals surface area contributed by atoms with Crippen LogP contribution in [0, 0.1) is 0 Å². The van der Waals surface area contributed by atoms with Gasteiger partial charge in [-0.1, -0.05) is 68.3 Å². The minimum Gasteiger partial charge on any atom is -0.338 e. The molecule has 0 fully saturated rings. The summed E-state index contributed by atoms with van der Waals surface area (Å²) in [6.07, 6.45) is 9.69. The lowest BCUT2D eigenvalue weighted by molar-refractivity contribution is 0.728. The fraction of sp³-hybridized carbons (Fsp3) is 0.300. The molecule has 0 saturated carbocycles. The Balaban J connectivity index is 2.03. The number of allylic oxidation sites excluding steroid dienone is 1. The molecule has 2 rings (SSSR count). The quantitative estimate of drug-likeness (QED) is 0.425. The van der Waals surface area contributed by atoms with E-state index in [0.29, 0.717) is 0 Å². The molecule has 0 spiro atoms. The van der Waals surface area contributed by atoms with Crippen LogP contribution >= 0.6 is 0 Å². The SMILES string of the molecule is CCCCC/C=C/CN(c1ccccc1)c1ccccc1. The van der Waals surface area contributed by atoms with Gasteiger partial charge in [0.15, 0.2) is 0 Å². The summed E-state index contributed by atoms with van der Waals surface area (Å²) in [5, 5.41) is 0. The molecule has 0 aliphatic carbocycles. The molecule has 0 amide bonds. The highest BCUT2D eigenvalue weighted by Gasteiger charge is 2.06. The van der Waals surface area contributed by atoms with Gasteiger partial charge < -0.3 is 4.90 Å². The van der Waals surface area contributed by atoms with Crippen molar-refractivity contribution in [3.63, 3.8) is 0 Å². The van der Waals surface area contributed by atoms with Crippen molar-refractivity contribution < 1.29 is 0 Å². The average molecular weight is 279 g/mol. The molecule has 21 heavy (non-hydrogen) atoms. The van der Waals surface area contributed by atoms with Gasteiger partial charge in [-0.2, -0.15) is 0 Å². The average Bonchev–Trinajstić information content (AvgIpc) is 2.56. The molecule has 0 atom stereocenters. The third kappa shape index (κ3) is 5.11. The van der Waals surface area contributed by atoms with Gasteiger partial charge in [-0.15, -0.1) is 0 Å². The highest BCUT2D eigenvalue weighted by Crippen LogP contribution is 2.24. The zero-order valence-electron chi connectivity index (χ0n) is 12.9. The van der Waals surface area contributed by atoms with Gasteiger partial charge >= 0.3 is 0 Å². The summed E-state index contributed by atoms with van der Waals surface area (Å²) < 4.78 is 0. The summed E-state index contributed by atoms with van der Waals surface area (Å²) in [6, 6.07) is 21.2. The number of para-hydroxylation sites is 2. The molecule has 2 aromatic rings. The molecule has 0 radical (unpaired) electrons. The van der Waals surface area contributed by atoms with E-state index in [1.165, 1.54) is 37.1 Å². The third-order valence-electron chi connectivity index (χ3n) is 3.56. The topological polar surface area (TPSA) is 3.24 Å². The molecule has 0 heterocycles. The highest BCUT2D eigenvalue weighted by atomic mass is 15.1. The van der Waals surface area contributed by atoms with E-state index >= 15 is 0 Å². The molecule has 0 aliphatic rings. The monoisotopic (exact) mass is 279 g/mol. The van der Waals surface area contributed by atoms with Crippen molar-refractivity contribution in [2.75, 3.05) is 11.4 Å². The van der Waals surface area contributed by atoms with Crippen LogP contribution in [0.5, 0.6) is 0 Å². The van der Waals surface area contributed by atoms with E-state index in [1.807, 2.05) is 0 Å². The maximum Gasteiger partial charge on any atom is 0.0413 e. The summed E-state index contributed by atoms with van der Waals surface area (Å²) in [7, 11) is 0. The Morgan fingerprint density at radius 2 is 1.33 bits per heavy atom. The Morgan fingerprint density at radius 1 is 0.762 bits per heavy atom. The Kier molecular flexibility index (Phi) is 6.60. The van der Waals surface area contributed by atoms with Gasteiger partial charge in [-0.3, -0.25) is 0 Å². The Hall–Kier alpha value is -2.02. The molecule has 0 saturated heterocycles. The first-order valence-corrected chi connectivity index (χ1v) is 7.94. The van der Waals surface area contributed by atoms with E-state index in [0.717, 1.165) is 6.54 Å². The predicted octanol–water partition coefficient (Wildman–Crippen LogP) is 5.96. The minimum absolute atomic E-state index is 0.917. The first-order chi connectivity index (χ1) is 10.4. The van der Waals surface area contributed by atoms with Crippen LogP contribution in [0.2, 0.25) is 0 Å². The van der Waals surface area contributed by atoms with Crippen molar-refractivity contribution in [2.45, 2.75) is 32.6 Å². The van der Waals surface area contributed by atoms with Crippen molar-refractivity contribution in [2.24, 2.45) is 0 Å². The zero-order valence-corrected chi connectivity index (χ0v) is 12.9. The number of hydrogen-bond acceptors (Lipinski definition) is 1. The minimum atomic E-state index is 0.917. The van der Waals surface area contributed by atoms with Gasteiger partial charge in [-0.25, -0.2) is 0 Å². The van der Waals surface area contributed by atoms with Crippen molar-refractivity contribution in [1.82, 2.24) is 0 Å². The fourth-order valence-corrected chi connectivity index (χ4v) is 2.39. The molecule has 110 valence electrons. The molecule has 1 heteroatoms. The Morgan fingerprint density at radius 3 is 1.86 bits per heavy atom. The second kappa shape index (κ2) is 9.02. The first-order valence-electron chi connectivity index (χ1n) is 7.94. The Bertz CT molecular complexity index is 477. The van der Waals surface area contributed by atoms with Gasteiger partial charge in [0.05, 0.1) is 0 Å². The van der Waals surface area contributed by atoms with Crippen molar-refractivity contribution in [1.29, 1.82) is 0 Å². The molecule has 2 aromatic carbocycles. The lowest BCUT2D eigenvalue weighted by Crippen LogP contribution is -2.16. The molecule has 0 unspecified atom stereocenters. The Labute approximate surface area is 128 Å². The standard InChI is InChI=1S/C20H25N/c1-2-3-4-5-6-13-18-21(19-14-9-7-10-15-19)20-16-11-8-12-17-20/h6-17H,2-5,18H2,1H3/b13-6+. The normalized spacial score (nSPS) is 10.9. The largest absolute Gasteiger partial charge is 0.338 e. The molecule has 0 aromatic heterocycles.